The molecule has 0 bridgehead atoms. The van der Waals surface area contributed by atoms with E-state index in [1.54, 1.807) is 0 Å². The first-order valence-corrected chi connectivity index (χ1v) is 11.0. The van der Waals surface area contributed by atoms with E-state index in [2.05, 4.69) is 55.7 Å². The number of hydrogen-bond donors (Lipinski definition) is 3. The summed E-state index contributed by atoms with van der Waals surface area (Å²) in [6.07, 6.45) is 5.47. The highest BCUT2D eigenvalue weighted by molar-refractivity contribution is 14.0. The maximum absolute atomic E-state index is 9.27. The predicted molar refractivity (Wildman–Crippen MR) is 132 cm³/mol. The number of halogens is 1. The van der Waals surface area contributed by atoms with Gasteiger partial charge in [-0.3, -0.25) is 4.99 Å². The lowest BCUT2D eigenvalue weighted by molar-refractivity contribution is -0.0265. The Kier molecular flexibility index (Phi) is 13.6. The van der Waals surface area contributed by atoms with E-state index in [0.717, 1.165) is 64.3 Å². The van der Waals surface area contributed by atoms with Crippen LogP contribution < -0.4 is 10.6 Å². The Labute approximate surface area is 194 Å². The van der Waals surface area contributed by atoms with Crippen LogP contribution in [0.15, 0.2) is 29.3 Å². The number of aryl methyl sites for hydroxylation is 1. The zero-order valence-corrected chi connectivity index (χ0v) is 20.7. The molecule has 3 N–H and O–H groups in total. The van der Waals surface area contributed by atoms with Gasteiger partial charge in [0.15, 0.2) is 5.96 Å². The van der Waals surface area contributed by atoms with Gasteiger partial charge in [0.1, 0.15) is 0 Å². The molecular formula is C23H40IN3O2. The first-order valence-electron chi connectivity index (χ1n) is 11.0. The van der Waals surface area contributed by atoms with Gasteiger partial charge in [-0.15, -0.1) is 24.0 Å². The van der Waals surface area contributed by atoms with Gasteiger partial charge < -0.3 is 20.5 Å². The molecular weight excluding hydrogens is 477 g/mol. The predicted octanol–water partition coefficient (Wildman–Crippen LogP) is 4.43. The lowest BCUT2D eigenvalue weighted by Gasteiger charge is -2.32. The van der Waals surface area contributed by atoms with Crippen molar-refractivity contribution in [1.82, 2.24) is 10.6 Å². The largest absolute Gasteiger partial charge is 0.396 e. The third kappa shape index (κ3) is 9.22. The zero-order valence-electron chi connectivity index (χ0n) is 18.3. The van der Waals surface area contributed by atoms with Crippen LogP contribution in [0.2, 0.25) is 0 Å². The monoisotopic (exact) mass is 517 g/mol. The van der Waals surface area contributed by atoms with E-state index < -0.39 is 0 Å². The molecule has 2 rings (SSSR count). The van der Waals surface area contributed by atoms with Crippen molar-refractivity contribution < 1.29 is 9.84 Å². The molecule has 0 amide bonds. The number of aliphatic hydroxyl groups is 1. The number of nitrogens with zero attached hydrogens (tertiary/aromatic N) is 1. The van der Waals surface area contributed by atoms with E-state index in [-0.39, 0.29) is 36.7 Å². The van der Waals surface area contributed by atoms with Crippen LogP contribution in [-0.2, 0) is 4.74 Å². The van der Waals surface area contributed by atoms with Crippen LogP contribution in [0.25, 0.3) is 0 Å². The maximum atomic E-state index is 9.27. The fourth-order valence-electron chi connectivity index (χ4n) is 3.88. The number of ether oxygens (including phenoxy) is 1. The van der Waals surface area contributed by atoms with Gasteiger partial charge in [-0.1, -0.05) is 43.2 Å². The third-order valence-electron chi connectivity index (χ3n) is 5.47. The van der Waals surface area contributed by atoms with Gasteiger partial charge in [0.2, 0.25) is 0 Å². The molecule has 0 aliphatic carbocycles. The standard InChI is InChI=1S/C23H39N3O2.HI/c1-4-7-19(13-14-27)16-25-23(24-5-2)26-17-21-8-6-15-28-22(21)20-11-9-18(3)10-12-20;/h9-12,19,21-22,27H,4-8,13-17H2,1-3H3,(H2,24,25,26);1H. The average Bonchev–Trinajstić information content (AvgIpc) is 2.71. The van der Waals surface area contributed by atoms with Gasteiger partial charge in [0.05, 0.1) is 6.10 Å². The number of aliphatic imine (C=N–C) groups is 1. The van der Waals surface area contributed by atoms with Crippen LogP contribution in [0, 0.1) is 18.8 Å². The summed E-state index contributed by atoms with van der Waals surface area (Å²) in [7, 11) is 0. The van der Waals surface area contributed by atoms with Crippen LogP contribution in [0.4, 0.5) is 0 Å². The first kappa shape index (κ1) is 26.2. The molecule has 1 aromatic carbocycles. The topological polar surface area (TPSA) is 65.9 Å². The van der Waals surface area contributed by atoms with Crippen molar-refractivity contribution >= 4 is 29.9 Å². The number of guanidine groups is 1. The first-order chi connectivity index (χ1) is 13.7. The summed E-state index contributed by atoms with van der Waals surface area (Å²) in [5.74, 6) is 1.75. The quantitative estimate of drug-likeness (QED) is 0.244. The molecule has 1 heterocycles. The summed E-state index contributed by atoms with van der Waals surface area (Å²) in [6.45, 7) is 9.91. The van der Waals surface area contributed by atoms with E-state index in [0.29, 0.717) is 11.8 Å². The van der Waals surface area contributed by atoms with Crippen LogP contribution in [0.5, 0.6) is 0 Å². The van der Waals surface area contributed by atoms with E-state index >= 15 is 0 Å². The molecule has 1 aliphatic rings. The van der Waals surface area contributed by atoms with E-state index in [1.807, 2.05) is 0 Å². The lowest BCUT2D eigenvalue weighted by Crippen LogP contribution is -2.42. The molecule has 1 aliphatic heterocycles. The zero-order chi connectivity index (χ0) is 20.2. The summed E-state index contributed by atoms with van der Waals surface area (Å²) in [5, 5.41) is 16.2. The Balaban J connectivity index is 0.00000420. The second-order valence-electron chi connectivity index (χ2n) is 7.87. The molecule has 5 nitrogen and oxygen atoms in total. The van der Waals surface area contributed by atoms with Crippen molar-refractivity contribution in [2.24, 2.45) is 16.8 Å². The Morgan fingerprint density at radius 1 is 1.21 bits per heavy atom. The van der Waals surface area contributed by atoms with Gasteiger partial charge >= 0.3 is 0 Å². The van der Waals surface area contributed by atoms with Crippen molar-refractivity contribution in [3.05, 3.63) is 35.4 Å². The number of nitrogens with one attached hydrogen (secondary N) is 2. The second kappa shape index (κ2) is 15.0. The number of benzene rings is 1. The van der Waals surface area contributed by atoms with Gasteiger partial charge in [-0.25, -0.2) is 0 Å². The van der Waals surface area contributed by atoms with Crippen LogP contribution in [0.3, 0.4) is 0 Å². The third-order valence-corrected chi connectivity index (χ3v) is 5.47. The highest BCUT2D eigenvalue weighted by Gasteiger charge is 2.27. The molecule has 1 saturated heterocycles. The van der Waals surface area contributed by atoms with Gasteiger partial charge in [0.25, 0.3) is 0 Å². The lowest BCUT2D eigenvalue weighted by atomic mass is 9.89. The van der Waals surface area contributed by atoms with Crippen molar-refractivity contribution in [3.63, 3.8) is 0 Å². The van der Waals surface area contributed by atoms with Crippen LogP contribution >= 0.6 is 24.0 Å². The van der Waals surface area contributed by atoms with Gasteiger partial charge in [0, 0.05) is 38.8 Å². The van der Waals surface area contributed by atoms with Gasteiger partial charge in [-0.05, 0) is 51.0 Å². The Bertz CT molecular complexity index is 574. The smallest absolute Gasteiger partial charge is 0.191 e. The summed E-state index contributed by atoms with van der Waals surface area (Å²) in [6, 6.07) is 8.72. The second-order valence-corrected chi connectivity index (χ2v) is 7.87. The fraction of sp³-hybridized carbons (Fsp3) is 0.696. The summed E-state index contributed by atoms with van der Waals surface area (Å²) < 4.78 is 6.14. The summed E-state index contributed by atoms with van der Waals surface area (Å²) >= 11 is 0. The van der Waals surface area contributed by atoms with Crippen LogP contribution in [-0.4, -0.2) is 43.9 Å². The highest BCUT2D eigenvalue weighted by atomic mass is 127. The molecule has 1 aromatic rings. The number of rotatable bonds is 10. The molecule has 166 valence electrons. The fourth-order valence-corrected chi connectivity index (χ4v) is 3.88. The summed E-state index contributed by atoms with van der Waals surface area (Å²) in [4.78, 5) is 4.79. The molecule has 0 radical (unpaired) electrons. The molecule has 6 heteroatoms. The molecule has 0 aromatic heterocycles. The number of hydrogen-bond acceptors (Lipinski definition) is 3. The molecule has 3 unspecified atom stereocenters. The SMILES string of the molecule is CCCC(CCO)CN=C(NCC)NCC1CCCOC1c1ccc(C)cc1.I. The molecule has 3 atom stereocenters. The molecule has 1 fully saturated rings. The van der Waals surface area contributed by atoms with Crippen molar-refractivity contribution in [2.45, 2.75) is 59.0 Å². The summed E-state index contributed by atoms with van der Waals surface area (Å²) in [5.41, 5.74) is 2.55. The normalized spacial score (nSPS) is 20.6. The average molecular weight is 517 g/mol. The van der Waals surface area contributed by atoms with Crippen molar-refractivity contribution in [2.75, 3.05) is 32.8 Å². The Morgan fingerprint density at radius 3 is 2.62 bits per heavy atom. The van der Waals surface area contributed by atoms with Gasteiger partial charge in [-0.2, -0.15) is 0 Å². The van der Waals surface area contributed by atoms with E-state index in [4.69, 9.17) is 9.73 Å². The van der Waals surface area contributed by atoms with Crippen LogP contribution in [0.1, 0.15) is 63.2 Å². The molecule has 29 heavy (non-hydrogen) atoms. The highest BCUT2D eigenvalue weighted by Crippen LogP contribution is 2.33. The minimum Gasteiger partial charge on any atom is -0.396 e. The minimum atomic E-state index is 0. The Hall–Kier alpha value is -0.860. The molecule has 0 saturated carbocycles. The van der Waals surface area contributed by atoms with E-state index in [1.165, 1.54) is 11.1 Å². The minimum absolute atomic E-state index is 0. The molecule has 0 spiro atoms. The van der Waals surface area contributed by atoms with E-state index in [9.17, 15) is 5.11 Å². The van der Waals surface area contributed by atoms with Crippen molar-refractivity contribution in [1.29, 1.82) is 0 Å². The Morgan fingerprint density at radius 2 is 1.97 bits per heavy atom. The maximum Gasteiger partial charge on any atom is 0.191 e. The van der Waals surface area contributed by atoms with Crippen molar-refractivity contribution in [3.8, 4) is 0 Å². The number of aliphatic hydroxyl groups excluding tert-OH is 1.